The van der Waals surface area contributed by atoms with Crippen molar-refractivity contribution in [3.63, 3.8) is 0 Å². The summed E-state index contributed by atoms with van der Waals surface area (Å²) in [5, 5.41) is 2.80. The second-order valence-electron chi connectivity index (χ2n) is 4.86. The van der Waals surface area contributed by atoms with E-state index in [9.17, 15) is 9.18 Å². The van der Waals surface area contributed by atoms with Gasteiger partial charge < -0.3 is 10.1 Å². The van der Waals surface area contributed by atoms with E-state index in [4.69, 9.17) is 4.74 Å². The minimum atomic E-state index is -0.360. The van der Waals surface area contributed by atoms with Crippen LogP contribution in [0.25, 0.3) is 0 Å². The summed E-state index contributed by atoms with van der Waals surface area (Å²) >= 11 is 0. The van der Waals surface area contributed by atoms with E-state index in [1.807, 2.05) is 37.3 Å². The number of para-hydroxylation sites is 1. The molecule has 0 bridgehead atoms. The first-order valence-corrected chi connectivity index (χ1v) is 6.86. The van der Waals surface area contributed by atoms with Crippen molar-refractivity contribution < 1.29 is 13.9 Å². The molecule has 2 aromatic carbocycles. The molecule has 0 heterocycles. The number of amides is 1. The van der Waals surface area contributed by atoms with Crippen LogP contribution in [0.15, 0.2) is 54.6 Å². The smallest absolute Gasteiger partial charge is 0.224 e. The second-order valence-corrected chi connectivity index (χ2v) is 4.86. The van der Waals surface area contributed by atoms with Gasteiger partial charge in [-0.1, -0.05) is 36.4 Å². The fraction of sp³-hybridized carbons (Fsp3) is 0.235. The van der Waals surface area contributed by atoms with E-state index in [0.717, 1.165) is 5.75 Å². The van der Waals surface area contributed by atoms with E-state index >= 15 is 0 Å². The summed E-state index contributed by atoms with van der Waals surface area (Å²) in [4.78, 5) is 11.9. The molecule has 1 N–H and O–H groups in total. The molecular formula is C17H18FNO2. The normalized spacial score (nSPS) is 11.7. The molecule has 0 aromatic heterocycles. The predicted molar refractivity (Wildman–Crippen MR) is 79.6 cm³/mol. The molecule has 1 atom stereocenters. The predicted octanol–water partition coefficient (Wildman–Crippen LogP) is 2.95. The van der Waals surface area contributed by atoms with Crippen LogP contribution in [0.5, 0.6) is 5.75 Å². The second kappa shape index (κ2) is 7.43. The fourth-order valence-corrected chi connectivity index (χ4v) is 1.92. The van der Waals surface area contributed by atoms with Gasteiger partial charge >= 0.3 is 0 Å². The van der Waals surface area contributed by atoms with Crippen molar-refractivity contribution in [2.75, 3.05) is 6.61 Å². The zero-order valence-electron chi connectivity index (χ0n) is 11.9. The third kappa shape index (κ3) is 4.91. The highest BCUT2D eigenvalue weighted by Crippen LogP contribution is 2.09. The van der Waals surface area contributed by atoms with Gasteiger partial charge in [0.05, 0.1) is 12.5 Å². The number of ether oxygens (including phenoxy) is 1. The molecule has 1 amide bonds. The summed E-state index contributed by atoms with van der Waals surface area (Å²) in [7, 11) is 0. The van der Waals surface area contributed by atoms with Crippen LogP contribution in [0.4, 0.5) is 4.39 Å². The third-order valence-corrected chi connectivity index (χ3v) is 2.96. The third-order valence-electron chi connectivity index (χ3n) is 2.96. The van der Waals surface area contributed by atoms with Gasteiger partial charge in [0.25, 0.3) is 0 Å². The van der Waals surface area contributed by atoms with Crippen molar-refractivity contribution in [3.8, 4) is 5.75 Å². The Labute approximate surface area is 123 Å². The first-order valence-electron chi connectivity index (χ1n) is 6.86. The lowest BCUT2D eigenvalue weighted by atomic mass is 10.1. The fourth-order valence-electron chi connectivity index (χ4n) is 1.92. The summed E-state index contributed by atoms with van der Waals surface area (Å²) in [5.41, 5.74) is 0.395. The number of carbonyl (C=O) groups is 1. The molecule has 0 fully saturated rings. The Balaban J connectivity index is 1.78. The lowest BCUT2D eigenvalue weighted by Gasteiger charge is -2.15. The number of nitrogens with one attached hydrogen (secondary N) is 1. The van der Waals surface area contributed by atoms with Crippen molar-refractivity contribution in [1.29, 1.82) is 0 Å². The zero-order valence-corrected chi connectivity index (χ0v) is 11.9. The van der Waals surface area contributed by atoms with Gasteiger partial charge in [0.15, 0.2) is 0 Å². The van der Waals surface area contributed by atoms with Crippen LogP contribution in [-0.4, -0.2) is 18.6 Å². The molecule has 0 aliphatic heterocycles. The minimum absolute atomic E-state index is 0.0301. The molecule has 4 heteroatoms. The van der Waals surface area contributed by atoms with Crippen LogP contribution in [0, 0.1) is 5.82 Å². The maximum atomic E-state index is 13.5. The van der Waals surface area contributed by atoms with E-state index in [-0.39, 0.29) is 24.2 Å². The molecule has 0 radical (unpaired) electrons. The average Bonchev–Trinajstić information content (AvgIpc) is 2.48. The molecular weight excluding hydrogens is 269 g/mol. The van der Waals surface area contributed by atoms with Crippen molar-refractivity contribution in [1.82, 2.24) is 5.32 Å². The highest BCUT2D eigenvalue weighted by molar-refractivity contribution is 5.78. The summed E-state index contributed by atoms with van der Waals surface area (Å²) in [5.74, 6) is 0.179. The maximum Gasteiger partial charge on any atom is 0.224 e. The molecule has 0 spiro atoms. The van der Waals surface area contributed by atoms with Crippen LogP contribution in [-0.2, 0) is 11.2 Å². The number of hydrogen-bond donors (Lipinski definition) is 1. The molecule has 21 heavy (non-hydrogen) atoms. The Kier molecular flexibility index (Phi) is 5.32. The summed E-state index contributed by atoms with van der Waals surface area (Å²) in [6, 6.07) is 15.5. The Bertz CT molecular complexity index is 586. The maximum absolute atomic E-state index is 13.5. The first kappa shape index (κ1) is 15.0. The Morgan fingerprint density at radius 3 is 2.52 bits per heavy atom. The number of rotatable bonds is 6. The van der Waals surface area contributed by atoms with Gasteiger partial charge in [-0.15, -0.1) is 0 Å². The van der Waals surface area contributed by atoms with Crippen LogP contribution in [0.3, 0.4) is 0 Å². The molecule has 0 saturated carbocycles. The van der Waals surface area contributed by atoms with Gasteiger partial charge in [0.2, 0.25) is 5.91 Å². The zero-order chi connectivity index (χ0) is 15.1. The van der Waals surface area contributed by atoms with Crippen molar-refractivity contribution in [3.05, 3.63) is 66.0 Å². The van der Waals surface area contributed by atoms with Gasteiger partial charge in [0, 0.05) is 0 Å². The molecule has 0 aliphatic rings. The van der Waals surface area contributed by atoms with Gasteiger partial charge in [-0.3, -0.25) is 4.79 Å². The van der Waals surface area contributed by atoms with Gasteiger partial charge in [0.1, 0.15) is 18.2 Å². The van der Waals surface area contributed by atoms with E-state index in [0.29, 0.717) is 12.2 Å². The summed E-state index contributed by atoms with van der Waals surface area (Å²) < 4.78 is 19.0. The van der Waals surface area contributed by atoms with E-state index in [2.05, 4.69) is 5.32 Å². The lowest BCUT2D eigenvalue weighted by molar-refractivity contribution is -0.121. The van der Waals surface area contributed by atoms with Crippen LogP contribution in [0.2, 0.25) is 0 Å². The molecule has 2 rings (SSSR count). The van der Waals surface area contributed by atoms with Gasteiger partial charge in [-0.25, -0.2) is 4.39 Å². The lowest BCUT2D eigenvalue weighted by Crippen LogP contribution is -2.37. The van der Waals surface area contributed by atoms with Crippen LogP contribution >= 0.6 is 0 Å². The standard InChI is InChI=1S/C17H18FNO2/c1-13(12-21-15-8-3-2-4-9-15)19-17(20)11-14-7-5-6-10-16(14)18/h2-10,13H,11-12H2,1H3,(H,19,20)/t13-/m1/s1. The monoisotopic (exact) mass is 287 g/mol. The Hall–Kier alpha value is -2.36. The van der Waals surface area contributed by atoms with E-state index in [1.165, 1.54) is 6.07 Å². The van der Waals surface area contributed by atoms with Gasteiger partial charge in [-0.05, 0) is 30.7 Å². The largest absolute Gasteiger partial charge is 0.491 e. The van der Waals surface area contributed by atoms with E-state index < -0.39 is 0 Å². The quantitative estimate of drug-likeness (QED) is 0.887. The molecule has 110 valence electrons. The van der Waals surface area contributed by atoms with Crippen molar-refractivity contribution >= 4 is 5.91 Å². The topological polar surface area (TPSA) is 38.3 Å². The number of carbonyl (C=O) groups excluding carboxylic acids is 1. The highest BCUT2D eigenvalue weighted by atomic mass is 19.1. The minimum Gasteiger partial charge on any atom is -0.491 e. The molecule has 2 aromatic rings. The van der Waals surface area contributed by atoms with Crippen molar-refractivity contribution in [2.24, 2.45) is 0 Å². The Morgan fingerprint density at radius 2 is 1.81 bits per heavy atom. The van der Waals surface area contributed by atoms with Gasteiger partial charge in [-0.2, -0.15) is 0 Å². The van der Waals surface area contributed by atoms with Crippen LogP contribution in [0.1, 0.15) is 12.5 Å². The average molecular weight is 287 g/mol. The Morgan fingerprint density at radius 1 is 1.14 bits per heavy atom. The van der Waals surface area contributed by atoms with Crippen LogP contribution < -0.4 is 10.1 Å². The first-order chi connectivity index (χ1) is 10.1. The van der Waals surface area contributed by atoms with Crippen molar-refractivity contribution in [2.45, 2.75) is 19.4 Å². The number of hydrogen-bond acceptors (Lipinski definition) is 2. The molecule has 0 unspecified atom stereocenters. The summed E-state index contributed by atoms with van der Waals surface area (Å²) in [6.45, 7) is 2.22. The number of benzene rings is 2. The molecule has 3 nitrogen and oxygen atoms in total. The number of halogens is 1. The SMILES string of the molecule is C[C@H](COc1ccccc1)NC(=O)Cc1ccccc1F. The summed E-state index contributed by atoms with van der Waals surface area (Å²) in [6.07, 6.45) is 0.0301. The van der Waals surface area contributed by atoms with E-state index in [1.54, 1.807) is 18.2 Å². The molecule has 0 aliphatic carbocycles. The highest BCUT2D eigenvalue weighted by Gasteiger charge is 2.11. The molecule has 0 saturated heterocycles.